The van der Waals surface area contributed by atoms with Crippen LogP contribution in [-0.2, 0) is 11.0 Å². The number of ketones is 1. The number of alkyl halides is 3. The zero-order valence-corrected chi connectivity index (χ0v) is 14.6. The van der Waals surface area contributed by atoms with E-state index in [1.807, 2.05) is 37.3 Å². The first-order valence-corrected chi connectivity index (χ1v) is 8.51. The Balaban J connectivity index is 2.03. The molecular weight excluding hydrogens is 343 g/mol. The second-order valence-electron chi connectivity index (χ2n) is 5.90. The molecule has 0 spiro atoms. The van der Waals surface area contributed by atoms with Gasteiger partial charge >= 0.3 is 6.18 Å². The van der Waals surface area contributed by atoms with E-state index in [9.17, 15) is 18.0 Å². The van der Waals surface area contributed by atoms with Crippen molar-refractivity contribution >= 4 is 5.78 Å². The van der Waals surface area contributed by atoms with Crippen molar-refractivity contribution in [3.05, 3.63) is 65.7 Å². The van der Waals surface area contributed by atoms with Gasteiger partial charge in [0.15, 0.2) is 0 Å². The van der Waals surface area contributed by atoms with Gasteiger partial charge in [-0.25, -0.2) is 0 Å². The lowest BCUT2D eigenvalue weighted by Gasteiger charge is -2.20. The Bertz CT molecular complexity index is 684. The van der Waals surface area contributed by atoms with E-state index in [4.69, 9.17) is 4.74 Å². The Kier molecular flexibility index (Phi) is 7.21. The number of hydrogen-bond donors (Lipinski definition) is 1. The first-order chi connectivity index (χ1) is 12.4. The minimum Gasteiger partial charge on any atom is -0.486 e. The maximum Gasteiger partial charge on any atom is 0.416 e. The van der Waals surface area contributed by atoms with Crippen molar-refractivity contribution in [3.63, 3.8) is 0 Å². The fourth-order valence-corrected chi connectivity index (χ4v) is 2.43. The lowest BCUT2D eigenvalue weighted by molar-refractivity contribution is -0.137. The molecule has 0 aliphatic heterocycles. The van der Waals surface area contributed by atoms with E-state index >= 15 is 0 Å². The van der Waals surface area contributed by atoms with Gasteiger partial charge in [-0.1, -0.05) is 37.3 Å². The highest BCUT2D eigenvalue weighted by molar-refractivity contribution is 5.80. The number of carbonyl (C=O) groups is 1. The Morgan fingerprint density at radius 3 is 2.31 bits per heavy atom. The van der Waals surface area contributed by atoms with Crippen LogP contribution in [0.3, 0.4) is 0 Å². The Morgan fingerprint density at radius 1 is 1.08 bits per heavy atom. The molecule has 0 fully saturated rings. The average molecular weight is 365 g/mol. The quantitative estimate of drug-likeness (QED) is 0.650. The summed E-state index contributed by atoms with van der Waals surface area (Å²) in [5.41, 5.74) is 0.219. The molecule has 0 amide bonds. The minimum atomic E-state index is -4.37. The van der Waals surface area contributed by atoms with E-state index in [1.165, 1.54) is 12.1 Å². The van der Waals surface area contributed by atoms with Crippen LogP contribution in [0.5, 0.6) is 5.75 Å². The van der Waals surface area contributed by atoms with Crippen LogP contribution in [0, 0.1) is 0 Å². The van der Waals surface area contributed by atoms with E-state index in [2.05, 4.69) is 5.32 Å². The molecule has 2 rings (SSSR count). The van der Waals surface area contributed by atoms with Gasteiger partial charge in [0.2, 0.25) is 0 Å². The van der Waals surface area contributed by atoms with Crippen LogP contribution >= 0.6 is 0 Å². The van der Waals surface area contributed by atoms with E-state index in [0.29, 0.717) is 31.7 Å². The minimum absolute atomic E-state index is 0.130. The fourth-order valence-electron chi connectivity index (χ4n) is 2.43. The summed E-state index contributed by atoms with van der Waals surface area (Å²) < 4.78 is 43.9. The van der Waals surface area contributed by atoms with Gasteiger partial charge in [0.05, 0.1) is 12.1 Å². The molecule has 140 valence electrons. The zero-order valence-electron chi connectivity index (χ0n) is 14.6. The second kappa shape index (κ2) is 9.38. The summed E-state index contributed by atoms with van der Waals surface area (Å²) in [5, 5.41) is 3.07. The summed E-state index contributed by atoms with van der Waals surface area (Å²) in [5.74, 6) is 0.501. The van der Waals surface area contributed by atoms with Gasteiger partial charge in [-0.15, -0.1) is 0 Å². The van der Waals surface area contributed by atoms with Crippen LogP contribution in [0.4, 0.5) is 13.2 Å². The summed E-state index contributed by atoms with van der Waals surface area (Å²) in [7, 11) is 0. The largest absolute Gasteiger partial charge is 0.486 e. The Morgan fingerprint density at radius 2 is 1.73 bits per heavy atom. The van der Waals surface area contributed by atoms with Gasteiger partial charge in [-0.2, -0.15) is 13.2 Å². The molecule has 1 unspecified atom stereocenters. The molecule has 0 radical (unpaired) electrons. The summed E-state index contributed by atoms with van der Waals surface area (Å²) in [6.07, 6.45) is -3.62. The summed E-state index contributed by atoms with van der Waals surface area (Å²) >= 11 is 0. The predicted octanol–water partition coefficient (Wildman–Crippen LogP) is 4.78. The highest BCUT2D eigenvalue weighted by Crippen LogP contribution is 2.31. The average Bonchev–Trinajstić information content (AvgIpc) is 2.64. The third kappa shape index (κ3) is 6.19. The predicted molar refractivity (Wildman–Crippen MR) is 94.0 cm³/mol. The Hall–Kier alpha value is -2.34. The smallest absolute Gasteiger partial charge is 0.416 e. The molecular formula is C20H22F3NO2. The van der Waals surface area contributed by atoms with Gasteiger partial charge in [0.25, 0.3) is 0 Å². The summed E-state index contributed by atoms with van der Waals surface area (Å²) in [6.45, 7) is 2.68. The van der Waals surface area contributed by atoms with E-state index in [-0.39, 0.29) is 11.9 Å². The number of hydrogen-bond acceptors (Lipinski definition) is 3. The third-order valence-corrected chi connectivity index (χ3v) is 3.93. The molecule has 2 aromatic carbocycles. The highest BCUT2D eigenvalue weighted by Gasteiger charge is 2.30. The Labute approximate surface area is 151 Å². The van der Waals surface area contributed by atoms with Crippen molar-refractivity contribution in [3.8, 4) is 5.75 Å². The maximum atomic E-state index is 12.7. The molecule has 0 heterocycles. The van der Waals surface area contributed by atoms with Crippen LogP contribution < -0.4 is 10.1 Å². The SMILES string of the molecule is CCC(=O)CNCCC(Oc1ccc(C(F)(F)F)cc1)c1ccccc1. The van der Waals surface area contributed by atoms with Crippen molar-refractivity contribution in [2.24, 2.45) is 0 Å². The van der Waals surface area contributed by atoms with Crippen LogP contribution in [-0.4, -0.2) is 18.9 Å². The van der Waals surface area contributed by atoms with Crippen LogP contribution in [0.2, 0.25) is 0 Å². The van der Waals surface area contributed by atoms with E-state index in [1.54, 1.807) is 0 Å². The van der Waals surface area contributed by atoms with Crippen molar-refractivity contribution in [2.75, 3.05) is 13.1 Å². The summed E-state index contributed by atoms with van der Waals surface area (Å²) in [6, 6.07) is 14.1. The van der Waals surface area contributed by atoms with Gasteiger partial charge in [-0.05, 0) is 36.4 Å². The van der Waals surface area contributed by atoms with Crippen molar-refractivity contribution in [2.45, 2.75) is 32.0 Å². The molecule has 0 saturated heterocycles. The third-order valence-electron chi connectivity index (χ3n) is 3.93. The summed E-state index contributed by atoms with van der Waals surface area (Å²) in [4.78, 5) is 11.3. The van der Waals surface area contributed by atoms with Gasteiger partial charge in [0.1, 0.15) is 17.6 Å². The number of ether oxygens (including phenoxy) is 1. The van der Waals surface area contributed by atoms with Crippen LogP contribution in [0.25, 0.3) is 0 Å². The van der Waals surface area contributed by atoms with Crippen LogP contribution in [0.15, 0.2) is 54.6 Å². The van der Waals surface area contributed by atoms with E-state index in [0.717, 1.165) is 17.7 Å². The number of Topliss-reactive ketones (excluding diaryl/α,β-unsaturated/α-hetero) is 1. The molecule has 0 aliphatic rings. The molecule has 1 atom stereocenters. The van der Waals surface area contributed by atoms with Crippen molar-refractivity contribution in [1.82, 2.24) is 5.32 Å². The zero-order chi connectivity index (χ0) is 19.0. The normalized spacial score (nSPS) is 12.6. The monoisotopic (exact) mass is 365 g/mol. The molecule has 1 N–H and O–H groups in total. The van der Waals surface area contributed by atoms with E-state index < -0.39 is 11.7 Å². The molecule has 0 aromatic heterocycles. The van der Waals surface area contributed by atoms with Gasteiger partial charge in [0, 0.05) is 12.8 Å². The fraction of sp³-hybridized carbons (Fsp3) is 0.350. The van der Waals surface area contributed by atoms with Crippen molar-refractivity contribution in [1.29, 1.82) is 0 Å². The molecule has 0 aliphatic carbocycles. The standard InChI is InChI=1S/C20H22F3NO2/c1-2-17(25)14-24-13-12-19(15-6-4-3-5-7-15)26-18-10-8-16(9-11-18)20(21,22)23/h3-11,19,24H,2,12-14H2,1H3. The number of rotatable bonds is 9. The second-order valence-corrected chi connectivity index (χ2v) is 5.90. The number of benzene rings is 2. The highest BCUT2D eigenvalue weighted by atomic mass is 19.4. The number of halogens is 3. The molecule has 6 heteroatoms. The number of carbonyl (C=O) groups excluding carboxylic acids is 1. The topological polar surface area (TPSA) is 38.3 Å². The first kappa shape index (κ1) is 20.0. The lowest BCUT2D eigenvalue weighted by atomic mass is 10.1. The molecule has 3 nitrogen and oxygen atoms in total. The molecule has 0 saturated carbocycles. The molecule has 0 bridgehead atoms. The van der Waals surface area contributed by atoms with Gasteiger partial charge < -0.3 is 10.1 Å². The van der Waals surface area contributed by atoms with Crippen molar-refractivity contribution < 1.29 is 22.7 Å². The van der Waals surface area contributed by atoms with Gasteiger partial charge in [-0.3, -0.25) is 4.79 Å². The first-order valence-electron chi connectivity index (χ1n) is 8.51. The number of nitrogens with one attached hydrogen (secondary N) is 1. The van der Waals surface area contributed by atoms with Crippen LogP contribution in [0.1, 0.15) is 37.0 Å². The molecule has 2 aromatic rings. The maximum absolute atomic E-state index is 12.7. The lowest BCUT2D eigenvalue weighted by Crippen LogP contribution is -2.25. The molecule has 26 heavy (non-hydrogen) atoms.